The average molecular weight is 441 g/mol. The van der Waals surface area contributed by atoms with E-state index in [-0.39, 0.29) is 41.4 Å². The van der Waals surface area contributed by atoms with Gasteiger partial charge in [-0.1, -0.05) is 26.0 Å². The molecule has 1 N–H and O–H groups in total. The molecule has 6 heteroatoms. The molecule has 0 radical (unpaired) electrons. The van der Waals surface area contributed by atoms with Crippen LogP contribution in [0.15, 0.2) is 24.3 Å². The van der Waals surface area contributed by atoms with E-state index < -0.39 is 0 Å². The van der Waals surface area contributed by atoms with E-state index in [9.17, 15) is 9.59 Å². The maximum absolute atomic E-state index is 12.2. The molecule has 4 fully saturated rings. The Morgan fingerprint density at radius 2 is 1.91 bits per heavy atom. The molecule has 1 aromatic carbocycles. The molecule has 174 valence electrons. The lowest BCUT2D eigenvalue weighted by molar-refractivity contribution is -0.136. The van der Waals surface area contributed by atoms with Crippen molar-refractivity contribution in [3.05, 3.63) is 29.8 Å². The van der Waals surface area contributed by atoms with Gasteiger partial charge in [-0.15, -0.1) is 0 Å². The molecule has 2 heterocycles. The molecule has 2 aliphatic carbocycles. The van der Waals surface area contributed by atoms with Crippen molar-refractivity contribution in [1.29, 1.82) is 0 Å². The highest BCUT2D eigenvalue weighted by molar-refractivity contribution is 5.78. The monoisotopic (exact) mass is 440 g/mol. The quantitative estimate of drug-likeness (QED) is 0.758. The van der Waals surface area contributed by atoms with Gasteiger partial charge in [-0.25, -0.2) is 0 Å². The van der Waals surface area contributed by atoms with Gasteiger partial charge in [0.1, 0.15) is 5.75 Å². The Morgan fingerprint density at radius 3 is 2.59 bits per heavy atom. The standard InChI is InChI=1S/C26H36N2O4/c1-17(29)27-24-25(2,3)19-14-21-23(31-13-10-26(21,24)15-19)18-6-8-20(9-7-18)32-16-22(30)28-11-4-5-12-28/h6-9,19,21,23-24H,4-5,10-16H2,1-3H3,(H,27,29)/t19-,21-,23-,24+,26?/m1/s1. The van der Waals surface area contributed by atoms with E-state index in [0.717, 1.165) is 51.1 Å². The number of rotatable bonds is 5. The molecule has 2 saturated carbocycles. The van der Waals surface area contributed by atoms with Crippen molar-refractivity contribution in [1.82, 2.24) is 10.2 Å². The summed E-state index contributed by atoms with van der Waals surface area (Å²) in [7, 11) is 0. The van der Waals surface area contributed by atoms with Crippen LogP contribution < -0.4 is 10.1 Å². The molecule has 2 bridgehead atoms. The summed E-state index contributed by atoms with van der Waals surface area (Å²) in [6.45, 7) is 8.80. The molecule has 6 nitrogen and oxygen atoms in total. The highest BCUT2D eigenvalue weighted by Gasteiger charge is 2.68. The molecular formula is C26H36N2O4. The summed E-state index contributed by atoms with van der Waals surface area (Å²) >= 11 is 0. The molecule has 2 saturated heterocycles. The van der Waals surface area contributed by atoms with Gasteiger partial charge in [0.25, 0.3) is 5.91 Å². The van der Waals surface area contributed by atoms with Crippen LogP contribution in [0, 0.1) is 22.7 Å². The first-order chi connectivity index (χ1) is 15.3. The van der Waals surface area contributed by atoms with Gasteiger partial charge in [-0.2, -0.15) is 0 Å². The smallest absolute Gasteiger partial charge is 0.260 e. The number of hydrogen-bond donors (Lipinski definition) is 1. The largest absolute Gasteiger partial charge is 0.484 e. The number of nitrogens with zero attached hydrogens (tertiary/aromatic N) is 1. The van der Waals surface area contributed by atoms with Crippen LogP contribution in [0.5, 0.6) is 5.75 Å². The Labute approximate surface area is 191 Å². The van der Waals surface area contributed by atoms with Crippen LogP contribution in [-0.4, -0.2) is 49.1 Å². The summed E-state index contributed by atoms with van der Waals surface area (Å²) in [5.74, 6) is 1.87. The predicted molar refractivity (Wildman–Crippen MR) is 121 cm³/mol. The van der Waals surface area contributed by atoms with Crippen LogP contribution in [0.1, 0.15) is 64.5 Å². The summed E-state index contributed by atoms with van der Waals surface area (Å²) in [4.78, 5) is 26.2. The lowest BCUT2D eigenvalue weighted by Crippen LogP contribution is -2.58. The van der Waals surface area contributed by atoms with E-state index in [4.69, 9.17) is 9.47 Å². The van der Waals surface area contributed by atoms with Gasteiger partial charge in [0.15, 0.2) is 6.61 Å². The van der Waals surface area contributed by atoms with E-state index in [1.807, 2.05) is 17.0 Å². The summed E-state index contributed by atoms with van der Waals surface area (Å²) < 4.78 is 12.1. The lowest BCUT2D eigenvalue weighted by atomic mass is 9.59. The number of benzene rings is 1. The van der Waals surface area contributed by atoms with Crippen molar-refractivity contribution in [2.24, 2.45) is 22.7 Å². The summed E-state index contributed by atoms with van der Waals surface area (Å²) in [5.41, 5.74) is 1.39. The van der Waals surface area contributed by atoms with Crippen molar-refractivity contribution in [2.75, 3.05) is 26.3 Å². The van der Waals surface area contributed by atoms with E-state index >= 15 is 0 Å². The molecule has 0 aromatic heterocycles. The van der Waals surface area contributed by atoms with Gasteiger partial charge in [0.05, 0.1) is 6.10 Å². The van der Waals surface area contributed by atoms with Crippen LogP contribution in [0.4, 0.5) is 0 Å². The van der Waals surface area contributed by atoms with Crippen LogP contribution in [0.25, 0.3) is 0 Å². The molecule has 4 aliphatic rings. The molecule has 1 unspecified atom stereocenters. The van der Waals surface area contributed by atoms with Crippen molar-refractivity contribution in [3.63, 3.8) is 0 Å². The Kier molecular flexibility index (Phi) is 5.47. The molecule has 1 spiro atoms. The minimum Gasteiger partial charge on any atom is -0.484 e. The summed E-state index contributed by atoms with van der Waals surface area (Å²) in [6, 6.07) is 8.29. The van der Waals surface area contributed by atoms with Crippen LogP contribution >= 0.6 is 0 Å². The highest BCUT2D eigenvalue weighted by Crippen LogP contribution is 2.70. The van der Waals surface area contributed by atoms with E-state index in [2.05, 4.69) is 31.3 Å². The lowest BCUT2D eigenvalue weighted by Gasteiger charge is -2.53. The van der Waals surface area contributed by atoms with Crippen LogP contribution in [0.3, 0.4) is 0 Å². The third-order valence-corrected chi connectivity index (χ3v) is 8.88. The van der Waals surface area contributed by atoms with Gasteiger partial charge in [-0.3, -0.25) is 9.59 Å². The second kappa shape index (κ2) is 8.05. The molecule has 32 heavy (non-hydrogen) atoms. The minimum absolute atomic E-state index is 0.0430. The van der Waals surface area contributed by atoms with Gasteiger partial charge >= 0.3 is 0 Å². The third-order valence-electron chi connectivity index (χ3n) is 8.88. The zero-order valence-electron chi connectivity index (χ0n) is 19.6. The fourth-order valence-electron chi connectivity index (χ4n) is 7.28. The van der Waals surface area contributed by atoms with E-state index in [1.54, 1.807) is 6.92 Å². The summed E-state index contributed by atoms with van der Waals surface area (Å²) in [5, 5.41) is 3.33. The third kappa shape index (κ3) is 3.51. The molecule has 5 atom stereocenters. The predicted octanol–water partition coefficient (Wildman–Crippen LogP) is 3.71. The molecule has 2 aliphatic heterocycles. The second-order valence-electron chi connectivity index (χ2n) is 10.9. The molecule has 5 rings (SSSR count). The number of carbonyl (C=O) groups excluding carboxylic acids is 2. The Bertz CT molecular complexity index is 876. The van der Waals surface area contributed by atoms with Gasteiger partial charge in [0, 0.05) is 32.7 Å². The Balaban J connectivity index is 1.29. The van der Waals surface area contributed by atoms with Gasteiger partial charge < -0.3 is 19.7 Å². The van der Waals surface area contributed by atoms with Crippen LogP contribution in [0.2, 0.25) is 0 Å². The molecular weight excluding hydrogens is 404 g/mol. The first-order valence-corrected chi connectivity index (χ1v) is 12.2. The zero-order chi connectivity index (χ0) is 22.5. The first kappa shape index (κ1) is 21.7. The van der Waals surface area contributed by atoms with Crippen molar-refractivity contribution >= 4 is 11.8 Å². The first-order valence-electron chi connectivity index (χ1n) is 12.2. The number of nitrogens with one attached hydrogen (secondary N) is 1. The average Bonchev–Trinajstić information content (AvgIpc) is 3.47. The van der Waals surface area contributed by atoms with Crippen molar-refractivity contribution < 1.29 is 19.1 Å². The second-order valence-corrected chi connectivity index (χ2v) is 10.9. The number of carbonyl (C=O) groups is 2. The van der Waals surface area contributed by atoms with E-state index in [1.165, 1.54) is 12.0 Å². The number of amides is 2. The van der Waals surface area contributed by atoms with Crippen molar-refractivity contribution in [2.45, 2.75) is 65.0 Å². The highest BCUT2D eigenvalue weighted by atomic mass is 16.5. The van der Waals surface area contributed by atoms with Gasteiger partial charge in [0.2, 0.25) is 5.91 Å². The number of ether oxygens (including phenoxy) is 2. The SMILES string of the molecule is CC(=O)N[C@H]1C(C)(C)[C@@H]2C[C@@H]3[C@@H](c4ccc(OCC(=O)N5CCCC5)cc4)OCCC31C2. The maximum Gasteiger partial charge on any atom is 0.260 e. The molecule has 1 aromatic rings. The Hall–Kier alpha value is -2.08. The Morgan fingerprint density at radius 1 is 1.19 bits per heavy atom. The van der Waals surface area contributed by atoms with E-state index in [0.29, 0.717) is 11.8 Å². The number of fused-ring (bicyclic) bond motifs is 1. The summed E-state index contributed by atoms with van der Waals surface area (Å²) in [6.07, 6.45) is 5.56. The normalized spacial score (nSPS) is 34.9. The topological polar surface area (TPSA) is 67.9 Å². The zero-order valence-corrected chi connectivity index (χ0v) is 19.6. The number of likely N-dealkylation sites (tertiary alicyclic amines) is 1. The number of hydrogen-bond acceptors (Lipinski definition) is 4. The fraction of sp³-hybridized carbons (Fsp3) is 0.692. The van der Waals surface area contributed by atoms with Crippen molar-refractivity contribution in [3.8, 4) is 5.75 Å². The van der Waals surface area contributed by atoms with Gasteiger partial charge in [-0.05, 0) is 72.5 Å². The fourth-order valence-corrected chi connectivity index (χ4v) is 7.28. The van der Waals surface area contributed by atoms with Crippen LogP contribution in [-0.2, 0) is 14.3 Å². The maximum atomic E-state index is 12.2. The minimum atomic E-state index is 0.0430. The molecule has 2 amide bonds.